The fraction of sp³-hybridized carbons (Fsp3) is 0.714. The van der Waals surface area contributed by atoms with E-state index in [1.165, 1.54) is 19.3 Å². The molecule has 0 saturated heterocycles. The number of nitrogens with zero attached hydrogens (tertiary/aromatic N) is 3. The van der Waals surface area contributed by atoms with E-state index in [4.69, 9.17) is 0 Å². The van der Waals surface area contributed by atoms with Crippen molar-refractivity contribution in [3.05, 3.63) is 17.5 Å². The number of aryl methyl sites for hydroxylation is 1. The first-order valence-electron chi connectivity index (χ1n) is 7.17. The predicted molar refractivity (Wildman–Crippen MR) is 72.5 cm³/mol. The molecule has 0 aromatic carbocycles. The van der Waals surface area contributed by atoms with Crippen molar-refractivity contribution in [1.29, 1.82) is 0 Å². The highest BCUT2D eigenvalue weighted by Gasteiger charge is 2.42. The first-order chi connectivity index (χ1) is 9.00. The second kappa shape index (κ2) is 4.34. The molecular weight excluding hydrogens is 240 g/mol. The summed E-state index contributed by atoms with van der Waals surface area (Å²) in [6, 6.07) is 2.28. The highest BCUT2D eigenvalue weighted by molar-refractivity contribution is 5.93. The quantitative estimate of drug-likeness (QED) is 0.844. The number of hydrogen-bond donors (Lipinski definition) is 1. The smallest absolute Gasteiger partial charge is 0.281 e. The zero-order valence-electron chi connectivity index (χ0n) is 11.9. The van der Waals surface area contributed by atoms with Crippen LogP contribution < -0.4 is 5.43 Å². The Morgan fingerprint density at radius 1 is 1.32 bits per heavy atom. The van der Waals surface area contributed by atoms with Gasteiger partial charge in [0.05, 0.1) is 5.69 Å². The lowest BCUT2D eigenvalue weighted by atomic mass is 9.93. The molecule has 1 fully saturated rings. The molecule has 0 radical (unpaired) electrons. The lowest BCUT2D eigenvalue weighted by Gasteiger charge is -2.47. The zero-order chi connectivity index (χ0) is 13.6. The zero-order valence-corrected chi connectivity index (χ0v) is 11.9. The van der Waals surface area contributed by atoms with Crippen LogP contribution in [0.4, 0.5) is 0 Å². The molecule has 19 heavy (non-hydrogen) atoms. The van der Waals surface area contributed by atoms with Gasteiger partial charge in [-0.2, -0.15) is 10.1 Å². The average molecular weight is 262 g/mol. The maximum absolute atomic E-state index is 12.2. The molecule has 1 aliphatic carbocycles. The fourth-order valence-electron chi connectivity index (χ4n) is 3.36. The first kappa shape index (κ1) is 12.7. The fourth-order valence-corrected chi connectivity index (χ4v) is 3.36. The largest absolute Gasteiger partial charge is 0.284 e. The predicted octanol–water partition coefficient (Wildman–Crippen LogP) is 2.18. The number of rotatable bonds is 1. The summed E-state index contributed by atoms with van der Waals surface area (Å²) in [5.74, 6) is -0.0366. The molecule has 1 amide bonds. The Labute approximate surface area is 113 Å². The number of fused-ring (bicyclic) bond motifs is 1. The molecule has 1 saturated carbocycles. The van der Waals surface area contributed by atoms with E-state index in [1.54, 1.807) is 0 Å². The molecular formula is C14H22N4O. The van der Waals surface area contributed by atoms with Crippen molar-refractivity contribution < 1.29 is 4.79 Å². The van der Waals surface area contributed by atoms with Crippen molar-refractivity contribution in [1.82, 2.24) is 20.2 Å². The molecule has 1 aromatic rings. The molecule has 0 atom stereocenters. The Morgan fingerprint density at radius 3 is 2.68 bits per heavy atom. The van der Waals surface area contributed by atoms with Crippen LogP contribution in [0.2, 0.25) is 0 Å². The van der Waals surface area contributed by atoms with Gasteiger partial charge < -0.3 is 0 Å². The first-order valence-corrected chi connectivity index (χ1v) is 7.17. The Balaban J connectivity index is 1.97. The van der Waals surface area contributed by atoms with E-state index >= 15 is 0 Å². The summed E-state index contributed by atoms with van der Waals surface area (Å²) < 4.78 is 1.87. The van der Waals surface area contributed by atoms with Crippen LogP contribution in [0.1, 0.15) is 62.1 Å². The van der Waals surface area contributed by atoms with E-state index in [0.29, 0.717) is 11.7 Å². The standard InChI is InChI=1S/C14H22N4O/c1-10-9-12-13(19)16-17(11-7-5-4-6-8-11)14(2,3)18(12)15-10/h9,11H,4-8H2,1-3H3,(H,16,19). The van der Waals surface area contributed by atoms with Gasteiger partial charge in [0, 0.05) is 6.04 Å². The Bertz CT molecular complexity index is 500. The second-order valence-electron chi connectivity index (χ2n) is 6.18. The Morgan fingerprint density at radius 2 is 2.00 bits per heavy atom. The summed E-state index contributed by atoms with van der Waals surface area (Å²) in [7, 11) is 0. The van der Waals surface area contributed by atoms with E-state index < -0.39 is 0 Å². The van der Waals surface area contributed by atoms with Crippen molar-refractivity contribution in [3.8, 4) is 0 Å². The van der Waals surface area contributed by atoms with Crippen molar-refractivity contribution >= 4 is 5.91 Å². The molecule has 1 N–H and O–H groups in total. The van der Waals surface area contributed by atoms with E-state index in [9.17, 15) is 4.79 Å². The number of hydrogen-bond acceptors (Lipinski definition) is 3. The van der Waals surface area contributed by atoms with Gasteiger partial charge in [0.2, 0.25) is 0 Å². The summed E-state index contributed by atoms with van der Waals surface area (Å²) in [6.45, 7) is 6.17. The monoisotopic (exact) mass is 262 g/mol. The van der Waals surface area contributed by atoms with Crippen molar-refractivity contribution in [2.45, 2.75) is 64.6 Å². The number of hydrazine groups is 1. The number of nitrogens with one attached hydrogen (secondary N) is 1. The Kier molecular flexibility index (Phi) is 2.89. The number of amides is 1. The van der Waals surface area contributed by atoms with Crippen molar-refractivity contribution in [3.63, 3.8) is 0 Å². The topological polar surface area (TPSA) is 50.2 Å². The van der Waals surface area contributed by atoms with Crippen LogP contribution in [0.15, 0.2) is 6.07 Å². The Hall–Kier alpha value is -1.36. The maximum atomic E-state index is 12.2. The van der Waals surface area contributed by atoms with Gasteiger partial charge in [-0.3, -0.25) is 10.2 Å². The summed E-state index contributed by atoms with van der Waals surface area (Å²) in [4.78, 5) is 12.2. The van der Waals surface area contributed by atoms with E-state index in [-0.39, 0.29) is 11.6 Å². The molecule has 0 spiro atoms. The molecule has 1 aliphatic heterocycles. The number of aromatic nitrogens is 2. The van der Waals surface area contributed by atoms with Crippen LogP contribution >= 0.6 is 0 Å². The van der Waals surface area contributed by atoms with Crippen LogP contribution in [0.3, 0.4) is 0 Å². The number of carbonyl (C=O) groups excluding carboxylic acids is 1. The van der Waals surface area contributed by atoms with Gasteiger partial charge in [0.25, 0.3) is 5.91 Å². The normalized spacial score (nSPS) is 24.1. The van der Waals surface area contributed by atoms with Gasteiger partial charge in [0.15, 0.2) is 0 Å². The maximum Gasteiger partial charge on any atom is 0.284 e. The van der Waals surface area contributed by atoms with Gasteiger partial charge >= 0.3 is 0 Å². The van der Waals surface area contributed by atoms with Gasteiger partial charge in [0.1, 0.15) is 11.4 Å². The molecule has 0 bridgehead atoms. The van der Waals surface area contributed by atoms with Gasteiger partial charge in [-0.15, -0.1) is 0 Å². The molecule has 104 valence electrons. The molecule has 5 heteroatoms. The lowest BCUT2D eigenvalue weighted by Crippen LogP contribution is -2.64. The van der Waals surface area contributed by atoms with E-state index in [1.807, 2.05) is 17.7 Å². The molecule has 0 unspecified atom stereocenters. The minimum Gasteiger partial charge on any atom is -0.281 e. The molecule has 5 nitrogen and oxygen atoms in total. The van der Waals surface area contributed by atoms with Crippen molar-refractivity contribution in [2.75, 3.05) is 0 Å². The van der Waals surface area contributed by atoms with Crippen molar-refractivity contribution in [2.24, 2.45) is 0 Å². The van der Waals surface area contributed by atoms with Crippen LogP contribution in [0.5, 0.6) is 0 Å². The summed E-state index contributed by atoms with van der Waals surface area (Å²) in [5, 5.41) is 6.63. The van der Waals surface area contributed by atoms with E-state index in [0.717, 1.165) is 18.5 Å². The van der Waals surface area contributed by atoms with Crippen LogP contribution in [0.25, 0.3) is 0 Å². The number of carbonyl (C=O) groups is 1. The van der Waals surface area contributed by atoms with Crippen LogP contribution in [-0.4, -0.2) is 26.7 Å². The van der Waals surface area contributed by atoms with Gasteiger partial charge in [-0.25, -0.2) is 4.68 Å². The van der Waals surface area contributed by atoms with E-state index in [2.05, 4.69) is 29.4 Å². The molecule has 1 aromatic heterocycles. The minimum atomic E-state index is -0.306. The highest BCUT2D eigenvalue weighted by Crippen LogP contribution is 2.32. The highest BCUT2D eigenvalue weighted by atomic mass is 16.2. The summed E-state index contributed by atoms with van der Waals surface area (Å²) >= 11 is 0. The molecule has 3 rings (SSSR count). The third-order valence-electron chi connectivity index (χ3n) is 4.33. The molecule has 2 heterocycles. The SMILES string of the molecule is Cc1cc2n(n1)C(C)(C)N(C1CCCCC1)NC2=O. The third kappa shape index (κ3) is 1.96. The van der Waals surface area contributed by atoms with Gasteiger partial charge in [-0.1, -0.05) is 19.3 Å². The minimum absolute atomic E-state index is 0.0366. The lowest BCUT2D eigenvalue weighted by molar-refractivity contribution is -0.0614. The second-order valence-corrected chi connectivity index (χ2v) is 6.18. The van der Waals surface area contributed by atoms with Crippen LogP contribution in [0, 0.1) is 6.92 Å². The van der Waals surface area contributed by atoms with Crippen LogP contribution in [-0.2, 0) is 5.66 Å². The average Bonchev–Trinajstić information content (AvgIpc) is 2.79. The third-order valence-corrected chi connectivity index (χ3v) is 4.33. The molecule has 2 aliphatic rings. The van der Waals surface area contributed by atoms with Gasteiger partial charge in [-0.05, 0) is 39.7 Å². The summed E-state index contributed by atoms with van der Waals surface area (Å²) in [6.07, 6.45) is 6.11. The summed E-state index contributed by atoms with van der Waals surface area (Å²) in [5.41, 5.74) is 4.33.